The van der Waals surface area contributed by atoms with Gasteiger partial charge in [0.05, 0.1) is 0 Å². The molecule has 0 N–H and O–H groups in total. The topological polar surface area (TPSA) is 6.48 Å². The molecule has 0 fully saturated rings. The van der Waals surface area contributed by atoms with Crippen molar-refractivity contribution >= 4 is 77.2 Å². The Morgan fingerprint density at radius 1 is 0.190 bits per heavy atom. The van der Waals surface area contributed by atoms with Gasteiger partial charge in [0.15, 0.2) is 0 Å². The maximum Gasteiger partial charge on any atom is 0.0462 e. The average Bonchev–Trinajstić information content (AvgIpc) is 1.63. The summed E-state index contributed by atoms with van der Waals surface area (Å²) in [7, 11) is 0. The molecule has 398 valence electrons. The summed E-state index contributed by atoms with van der Waals surface area (Å²) in [6, 6.07) is 108. The van der Waals surface area contributed by atoms with Gasteiger partial charge in [-0.3, -0.25) is 0 Å². The first kappa shape index (κ1) is 49.5. The first-order valence-electron chi connectivity index (χ1n) is 29.5. The van der Waals surface area contributed by atoms with Gasteiger partial charge in [0.25, 0.3) is 0 Å². The van der Waals surface area contributed by atoms with Gasteiger partial charge < -0.3 is 9.80 Å². The van der Waals surface area contributed by atoms with Crippen LogP contribution >= 0.6 is 0 Å². The lowest BCUT2D eigenvalue weighted by Gasteiger charge is -2.27. The SMILES string of the molecule is CC1(C)c2cccc3ccc4cc(-c5ccc(N(c6ccc(-c7ccccc7)cc6)c6ccc(-c7ccc(N(c8ccc(-c9ccccc9)cc8)c8ccc(-c9cc%10c%11c(ccc%12cccc(c%12%11)C%10(C)C)c9)cc8)cc7)cc6)cc5)cc1c4c23. The maximum atomic E-state index is 2.44. The first-order valence-corrected chi connectivity index (χ1v) is 29.5. The molecular weight excluding hydrogens is 1010 g/mol. The molecule has 0 amide bonds. The lowest BCUT2D eigenvalue weighted by atomic mass is 9.81. The van der Waals surface area contributed by atoms with Crippen molar-refractivity contribution in [3.05, 3.63) is 313 Å². The van der Waals surface area contributed by atoms with Crippen LogP contribution < -0.4 is 9.80 Å². The summed E-state index contributed by atoms with van der Waals surface area (Å²) in [4.78, 5) is 4.75. The van der Waals surface area contributed by atoms with Crippen molar-refractivity contribution in [2.75, 3.05) is 9.80 Å². The summed E-state index contributed by atoms with van der Waals surface area (Å²) in [5.74, 6) is 0. The zero-order valence-corrected chi connectivity index (χ0v) is 47.6. The molecule has 0 atom stereocenters. The second kappa shape index (κ2) is 19.2. The van der Waals surface area contributed by atoms with E-state index in [1.807, 2.05) is 0 Å². The van der Waals surface area contributed by atoms with Gasteiger partial charge in [0, 0.05) is 45.0 Å². The lowest BCUT2D eigenvalue weighted by molar-refractivity contribution is 0.663. The van der Waals surface area contributed by atoms with Crippen LogP contribution in [0.1, 0.15) is 49.9 Å². The van der Waals surface area contributed by atoms with Gasteiger partial charge >= 0.3 is 0 Å². The van der Waals surface area contributed by atoms with Gasteiger partial charge in [-0.25, -0.2) is 0 Å². The second-order valence-electron chi connectivity index (χ2n) is 24.1. The Balaban J connectivity index is 0.723. The molecule has 2 aliphatic rings. The van der Waals surface area contributed by atoms with Crippen LogP contribution in [0, 0.1) is 0 Å². The first-order chi connectivity index (χ1) is 41.1. The summed E-state index contributed by atoms with van der Waals surface area (Å²) in [5, 5.41) is 10.9. The molecule has 84 heavy (non-hydrogen) atoms. The van der Waals surface area contributed by atoms with Crippen molar-refractivity contribution in [2.45, 2.75) is 38.5 Å². The Kier molecular flexibility index (Phi) is 11.3. The van der Waals surface area contributed by atoms with E-state index in [0.717, 1.165) is 45.3 Å². The standard InChI is InChI=1S/C82H60N2/c1-81(2)73-19-11-17-61-21-23-63-49-65(51-75(81)79(63)77(61)73)59-33-45-71(46-34-59)83(67-37-25-55(26-38-67)53-13-7-5-8-14-53)69-41-29-57(30-42-69)58-31-43-70(44-32-58)84(68-39-27-56(28-40-68)54-15-9-6-10-16-54)72-47-35-60(36-48-72)66-50-64-24-22-62-18-12-20-74-78(62)80(64)76(52-66)82(74,3)4/h5-52H,1-4H3. The summed E-state index contributed by atoms with van der Waals surface area (Å²) in [5.41, 5.74) is 24.1. The highest BCUT2D eigenvalue weighted by atomic mass is 15.1. The second-order valence-corrected chi connectivity index (χ2v) is 24.1. The lowest BCUT2D eigenvalue weighted by Crippen LogP contribution is -2.15. The predicted octanol–water partition coefficient (Wildman–Crippen LogP) is 22.9. The van der Waals surface area contributed by atoms with E-state index in [1.54, 1.807) is 0 Å². The minimum Gasteiger partial charge on any atom is -0.311 e. The minimum atomic E-state index is -0.0760. The Morgan fingerprint density at radius 3 is 0.738 bits per heavy atom. The monoisotopic (exact) mass is 1070 g/mol. The molecule has 0 saturated carbocycles. The maximum absolute atomic E-state index is 2.44. The van der Waals surface area contributed by atoms with Crippen molar-refractivity contribution in [1.82, 2.24) is 0 Å². The number of hydrogen-bond donors (Lipinski definition) is 0. The Labute approximate surface area is 491 Å². The minimum absolute atomic E-state index is 0.0760. The van der Waals surface area contributed by atoms with Gasteiger partial charge in [-0.05, 0) is 218 Å². The van der Waals surface area contributed by atoms with E-state index in [1.165, 1.54) is 110 Å². The number of nitrogens with zero attached hydrogens (tertiary/aromatic N) is 2. The van der Waals surface area contributed by atoms with Gasteiger partial charge in [-0.1, -0.05) is 222 Å². The molecule has 2 aliphatic carbocycles. The summed E-state index contributed by atoms with van der Waals surface area (Å²) in [6.45, 7) is 9.51. The normalized spacial score (nSPS) is 13.4. The highest BCUT2D eigenvalue weighted by molar-refractivity contribution is 6.17. The van der Waals surface area contributed by atoms with E-state index < -0.39 is 0 Å². The van der Waals surface area contributed by atoms with Gasteiger partial charge in [0.1, 0.15) is 0 Å². The number of rotatable bonds is 11. The van der Waals surface area contributed by atoms with Crippen LogP contribution in [0.25, 0.3) is 98.7 Å². The van der Waals surface area contributed by atoms with E-state index in [2.05, 4.69) is 329 Å². The Bertz CT molecular complexity index is 4550. The van der Waals surface area contributed by atoms with E-state index >= 15 is 0 Å². The molecule has 0 spiro atoms. The molecule has 0 unspecified atom stereocenters. The van der Waals surface area contributed by atoms with Crippen LogP contribution in [-0.4, -0.2) is 0 Å². The molecule has 2 nitrogen and oxygen atoms in total. The molecule has 14 aromatic carbocycles. The molecule has 0 radical (unpaired) electrons. The average molecular weight is 1070 g/mol. The largest absolute Gasteiger partial charge is 0.311 e. The fourth-order valence-electron chi connectivity index (χ4n) is 14.1. The smallest absolute Gasteiger partial charge is 0.0462 e. The van der Waals surface area contributed by atoms with Crippen LogP contribution in [0.2, 0.25) is 0 Å². The molecule has 16 rings (SSSR count). The Hall–Kier alpha value is -10.3. The van der Waals surface area contributed by atoms with Crippen LogP contribution in [0.15, 0.2) is 291 Å². The van der Waals surface area contributed by atoms with E-state index in [0.29, 0.717) is 0 Å². The zero-order valence-electron chi connectivity index (χ0n) is 47.6. The third-order valence-corrected chi connectivity index (χ3v) is 18.6. The summed E-state index contributed by atoms with van der Waals surface area (Å²) >= 11 is 0. The van der Waals surface area contributed by atoms with Crippen LogP contribution in [0.5, 0.6) is 0 Å². The quantitative estimate of drug-likeness (QED) is 0.119. The number of benzene rings is 14. The number of hydrogen-bond acceptors (Lipinski definition) is 2. The third kappa shape index (κ3) is 8.00. The molecule has 0 saturated heterocycles. The fourth-order valence-corrected chi connectivity index (χ4v) is 14.1. The fraction of sp³-hybridized carbons (Fsp3) is 0.0732. The van der Waals surface area contributed by atoms with Gasteiger partial charge in [-0.15, -0.1) is 0 Å². The Morgan fingerprint density at radius 2 is 0.440 bits per heavy atom. The van der Waals surface area contributed by atoms with Crippen molar-refractivity contribution in [1.29, 1.82) is 0 Å². The van der Waals surface area contributed by atoms with E-state index in [9.17, 15) is 0 Å². The highest BCUT2D eigenvalue weighted by Crippen LogP contribution is 2.52. The summed E-state index contributed by atoms with van der Waals surface area (Å²) < 4.78 is 0. The molecule has 0 bridgehead atoms. The van der Waals surface area contributed by atoms with Gasteiger partial charge in [0.2, 0.25) is 0 Å². The van der Waals surface area contributed by atoms with Crippen molar-refractivity contribution in [3.8, 4) is 55.6 Å². The van der Waals surface area contributed by atoms with Crippen molar-refractivity contribution in [3.63, 3.8) is 0 Å². The van der Waals surface area contributed by atoms with Crippen LogP contribution in [-0.2, 0) is 10.8 Å². The highest BCUT2D eigenvalue weighted by Gasteiger charge is 2.36. The third-order valence-electron chi connectivity index (χ3n) is 18.6. The molecule has 0 aliphatic heterocycles. The van der Waals surface area contributed by atoms with Crippen LogP contribution in [0.3, 0.4) is 0 Å². The predicted molar refractivity (Wildman–Crippen MR) is 357 cm³/mol. The number of anilines is 6. The van der Waals surface area contributed by atoms with E-state index in [4.69, 9.17) is 0 Å². The summed E-state index contributed by atoms with van der Waals surface area (Å²) in [6.07, 6.45) is 0. The molecule has 2 heteroatoms. The van der Waals surface area contributed by atoms with Gasteiger partial charge in [-0.2, -0.15) is 0 Å². The molecule has 14 aromatic rings. The molecule has 0 heterocycles. The zero-order chi connectivity index (χ0) is 56.3. The van der Waals surface area contributed by atoms with Crippen LogP contribution in [0.4, 0.5) is 34.1 Å². The molecular formula is C82H60N2. The molecule has 0 aromatic heterocycles. The van der Waals surface area contributed by atoms with E-state index in [-0.39, 0.29) is 10.8 Å². The van der Waals surface area contributed by atoms with Crippen molar-refractivity contribution in [2.24, 2.45) is 0 Å². The van der Waals surface area contributed by atoms with Crippen molar-refractivity contribution < 1.29 is 0 Å².